The molecule has 0 fully saturated rings. The van der Waals surface area contributed by atoms with Crippen LogP contribution in [0.3, 0.4) is 0 Å². The first-order chi connectivity index (χ1) is 8.91. The molecule has 2 aromatic rings. The van der Waals surface area contributed by atoms with Crippen molar-refractivity contribution in [1.82, 2.24) is 0 Å². The first-order valence-corrected chi connectivity index (χ1v) is 8.16. The lowest BCUT2D eigenvalue weighted by Crippen LogP contribution is -2.01. The van der Waals surface area contributed by atoms with Crippen molar-refractivity contribution in [1.29, 1.82) is 0 Å². The molecular formula is C16H15Br2Cl. The van der Waals surface area contributed by atoms with E-state index >= 15 is 0 Å². The van der Waals surface area contributed by atoms with Crippen LogP contribution in [0.1, 0.15) is 32.6 Å². The Morgan fingerprint density at radius 1 is 1.05 bits per heavy atom. The van der Waals surface area contributed by atoms with Crippen molar-refractivity contribution in [2.45, 2.75) is 25.6 Å². The second-order valence-electron chi connectivity index (χ2n) is 4.78. The molecule has 0 N–H and O–H groups in total. The smallest absolute Gasteiger partial charge is 0.0650 e. The molecular weight excluding hydrogens is 387 g/mol. The fraction of sp³-hybridized carbons (Fsp3) is 0.250. The zero-order chi connectivity index (χ0) is 14.2. The summed E-state index contributed by atoms with van der Waals surface area (Å²) in [6.07, 6.45) is 0. The summed E-state index contributed by atoms with van der Waals surface area (Å²) in [5.41, 5.74) is 6.32. The van der Waals surface area contributed by atoms with Crippen LogP contribution in [0.5, 0.6) is 0 Å². The third-order valence-electron chi connectivity index (χ3n) is 3.33. The Morgan fingerprint density at radius 3 is 2.37 bits per heavy atom. The van der Waals surface area contributed by atoms with E-state index < -0.39 is 0 Å². The second-order valence-corrected chi connectivity index (χ2v) is 6.93. The predicted molar refractivity (Wildman–Crippen MR) is 90.6 cm³/mol. The Balaban J connectivity index is 2.56. The largest absolute Gasteiger partial charge is 0.0843 e. The number of hydrogen-bond donors (Lipinski definition) is 0. The van der Waals surface area contributed by atoms with E-state index in [1.807, 2.05) is 18.2 Å². The fourth-order valence-electron chi connectivity index (χ4n) is 2.40. The van der Waals surface area contributed by atoms with Gasteiger partial charge in [0.2, 0.25) is 0 Å². The Morgan fingerprint density at radius 2 is 1.74 bits per heavy atom. The maximum atomic E-state index is 6.08. The van der Waals surface area contributed by atoms with Crippen molar-refractivity contribution in [3.63, 3.8) is 0 Å². The Bertz CT molecular complexity index is 620. The molecule has 0 aromatic heterocycles. The van der Waals surface area contributed by atoms with Crippen molar-refractivity contribution in [2.24, 2.45) is 0 Å². The molecule has 1 atom stereocenters. The molecule has 0 heterocycles. The van der Waals surface area contributed by atoms with E-state index in [4.69, 9.17) is 11.6 Å². The van der Waals surface area contributed by atoms with Gasteiger partial charge in [0.1, 0.15) is 0 Å². The SMILES string of the molecule is Cc1cc(C)c(C(Br)c2cccc(Cl)c2)c(C)c1Br. The maximum absolute atomic E-state index is 6.08. The molecule has 0 amide bonds. The third kappa shape index (κ3) is 3.07. The van der Waals surface area contributed by atoms with Crippen molar-refractivity contribution in [3.05, 3.63) is 67.6 Å². The van der Waals surface area contributed by atoms with Crippen LogP contribution in [0.15, 0.2) is 34.8 Å². The zero-order valence-corrected chi connectivity index (χ0v) is 15.0. The molecule has 19 heavy (non-hydrogen) atoms. The number of hydrogen-bond acceptors (Lipinski definition) is 0. The van der Waals surface area contributed by atoms with Crippen LogP contribution in [0.4, 0.5) is 0 Å². The summed E-state index contributed by atoms with van der Waals surface area (Å²) in [6.45, 7) is 6.43. The second kappa shape index (κ2) is 5.99. The number of benzene rings is 2. The highest BCUT2D eigenvalue weighted by Gasteiger charge is 2.18. The van der Waals surface area contributed by atoms with Crippen molar-refractivity contribution >= 4 is 43.5 Å². The van der Waals surface area contributed by atoms with E-state index in [0.29, 0.717) is 0 Å². The van der Waals surface area contributed by atoms with Gasteiger partial charge in [0, 0.05) is 9.50 Å². The molecule has 0 saturated heterocycles. The van der Waals surface area contributed by atoms with Gasteiger partial charge in [-0.3, -0.25) is 0 Å². The summed E-state index contributed by atoms with van der Waals surface area (Å²) in [6, 6.07) is 10.2. The van der Waals surface area contributed by atoms with Crippen LogP contribution in [-0.4, -0.2) is 0 Å². The lowest BCUT2D eigenvalue weighted by atomic mass is 9.94. The average Bonchev–Trinajstić information content (AvgIpc) is 2.36. The van der Waals surface area contributed by atoms with Crippen LogP contribution < -0.4 is 0 Å². The molecule has 0 bridgehead atoms. The molecule has 2 aromatic carbocycles. The summed E-state index contributed by atoms with van der Waals surface area (Å²) in [5, 5.41) is 0.767. The lowest BCUT2D eigenvalue weighted by Gasteiger charge is -2.19. The topological polar surface area (TPSA) is 0 Å². The monoisotopic (exact) mass is 400 g/mol. The summed E-state index contributed by atoms with van der Waals surface area (Å²) in [4.78, 5) is 0.156. The van der Waals surface area contributed by atoms with Gasteiger partial charge in [0.05, 0.1) is 4.83 Å². The van der Waals surface area contributed by atoms with Crippen molar-refractivity contribution in [2.75, 3.05) is 0 Å². The van der Waals surface area contributed by atoms with Gasteiger partial charge in [-0.15, -0.1) is 0 Å². The highest BCUT2D eigenvalue weighted by atomic mass is 79.9. The third-order valence-corrected chi connectivity index (χ3v) is 5.77. The zero-order valence-electron chi connectivity index (χ0n) is 11.1. The molecule has 3 heteroatoms. The standard InChI is InChI=1S/C16H15Br2Cl/c1-9-7-10(2)15(17)11(3)14(9)16(18)12-5-4-6-13(19)8-12/h4-8,16H,1-3H3. The summed E-state index contributed by atoms with van der Waals surface area (Å²) in [5.74, 6) is 0. The molecule has 0 aliphatic carbocycles. The molecule has 0 aliphatic rings. The first-order valence-electron chi connectivity index (χ1n) is 6.07. The Hall–Kier alpha value is -0.310. The molecule has 100 valence electrons. The van der Waals surface area contributed by atoms with Crippen LogP contribution in [0.25, 0.3) is 0 Å². The van der Waals surface area contributed by atoms with E-state index in [2.05, 4.69) is 64.8 Å². The normalized spacial score (nSPS) is 12.5. The number of halogens is 3. The minimum absolute atomic E-state index is 0.156. The Labute approximate surface area is 136 Å². The average molecular weight is 403 g/mol. The van der Waals surface area contributed by atoms with Crippen LogP contribution in [-0.2, 0) is 0 Å². The summed E-state index contributed by atoms with van der Waals surface area (Å²) < 4.78 is 1.18. The van der Waals surface area contributed by atoms with Gasteiger partial charge in [-0.1, -0.05) is 61.7 Å². The number of alkyl halides is 1. The number of rotatable bonds is 2. The molecule has 0 saturated carbocycles. The highest BCUT2D eigenvalue weighted by molar-refractivity contribution is 9.10. The molecule has 2 rings (SSSR count). The van der Waals surface area contributed by atoms with E-state index in [1.54, 1.807) is 0 Å². The van der Waals surface area contributed by atoms with Gasteiger partial charge >= 0.3 is 0 Å². The summed E-state index contributed by atoms with van der Waals surface area (Å²) >= 11 is 13.6. The minimum atomic E-state index is 0.156. The summed E-state index contributed by atoms with van der Waals surface area (Å²) in [7, 11) is 0. The van der Waals surface area contributed by atoms with Crippen molar-refractivity contribution in [3.8, 4) is 0 Å². The van der Waals surface area contributed by atoms with Crippen LogP contribution >= 0.6 is 43.5 Å². The minimum Gasteiger partial charge on any atom is -0.0843 e. The number of aryl methyl sites for hydroxylation is 2. The van der Waals surface area contributed by atoms with E-state index in [-0.39, 0.29) is 4.83 Å². The molecule has 1 unspecified atom stereocenters. The Kier molecular flexibility index (Phi) is 4.75. The molecule has 0 radical (unpaired) electrons. The molecule has 0 aliphatic heterocycles. The first kappa shape index (κ1) is 15.1. The van der Waals surface area contributed by atoms with Crippen LogP contribution in [0, 0.1) is 20.8 Å². The van der Waals surface area contributed by atoms with Gasteiger partial charge in [0.25, 0.3) is 0 Å². The molecule has 0 spiro atoms. The van der Waals surface area contributed by atoms with E-state index in [1.165, 1.54) is 32.3 Å². The maximum Gasteiger partial charge on any atom is 0.0650 e. The molecule has 0 nitrogen and oxygen atoms in total. The van der Waals surface area contributed by atoms with E-state index in [0.717, 1.165) is 5.02 Å². The predicted octanol–water partition coefficient (Wildman–Crippen LogP) is 6.51. The highest BCUT2D eigenvalue weighted by Crippen LogP contribution is 2.39. The van der Waals surface area contributed by atoms with Gasteiger partial charge in [-0.25, -0.2) is 0 Å². The van der Waals surface area contributed by atoms with Gasteiger partial charge in [-0.2, -0.15) is 0 Å². The van der Waals surface area contributed by atoms with Crippen LogP contribution in [0.2, 0.25) is 5.02 Å². The fourth-order valence-corrected chi connectivity index (χ4v) is 3.91. The van der Waals surface area contributed by atoms with Gasteiger partial charge in [0.15, 0.2) is 0 Å². The van der Waals surface area contributed by atoms with Gasteiger partial charge < -0.3 is 0 Å². The van der Waals surface area contributed by atoms with Gasteiger partial charge in [-0.05, 0) is 60.7 Å². The lowest BCUT2D eigenvalue weighted by molar-refractivity contribution is 1.09. The quantitative estimate of drug-likeness (QED) is 0.502. The van der Waals surface area contributed by atoms with E-state index in [9.17, 15) is 0 Å². The van der Waals surface area contributed by atoms with Crippen molar-refractivity contribution < 1.29 is 0 Å².